The van der Waals surface area contributed by atoms with Gasteiger partial charge in [-0.2, -0.15) is 0 Å². The van der Waals surface area contributed by atoms with E-state index < -0.39 is 0 Å². The molecule has 0 aliphatic rings. The molecule has 0 aromatic heterocycles. The summed E-state index contributed by atoms with van der Waals surface area (Å²) < 4.78 is 0. The summed E-state index contributed by atoms with van der Waals surface area (Å²) in [6.07, 6.45) is 0. The summed E-state index contributed by atoms with van der Waals surface area (Å²) in [6.45, 7) is 8.52. The maximum Gasteiger partial charge on any atom is 0.0843 e. The predicted octanol–water partition coefficient (Wildman–Crippen LogP) is 5.25. The molecule has 0 aliphatic heterocycles. The van der Waals surface area contributed by atoms with Gasteiger partial charge in [0.1, 0.15) is 0 Å². The van der Waals surface area contributed by atoms with E-state index in [1.807, 2.05) is 0 Å². The SMILES string of the molecule is Cc1cc(C)c(C(Cl)c2ccccc2C)c(C)c1. The Morgan fingerprint density at radius 3 is 1.94 bits per heavy atom. The normalized spacial score (nSPS) is 12.5. The molecule has 0 amide bonds. The van der Waals surface area contributed by atoms with E-state index in [9.17, 15) is 0 Å². The summed E-state index contributed by atoms with van der Waals surface area (Å²) in [5, 5.41) is -0.0631. The van der Waals surface area contributed by atoms with Crippen molar-refractivity contribution in [1.29, 1.82) is 0 Å². The zero-order valence-electron chi connectivity index (χ0n) is 11.4. The first-order valence-electron chi connectivity index (χ1n) is 6.28. The maximum absolute atomic E-state index is 6.70. The number of benzene rings is 2. The highest BCUT2D eigenvalue weighted by molar-refractivity contribution is 6.23. The highest BCUT2D eigenvalue weighted by Gasteiger charge is 2.17. The number of hydrogen-bond acceptors (Lipinski definition) is 0. The third-order valence-corrected chi connectivity index (χ3v) is 3.91. The first-order chi connectivity index (χ1) is 8.50. The van der Waals surface area contributed by atoms with Crippen LogP contribution in [0.4, 0.5) is 0 Å². The molecular weight excluding hydrogens is 240 g/mol. The zero-order chi connectivity index (χ0) is 13.3. The molecule has 0 saturated carbocycles. The van der Waals surface area contributed by atoms with Crippen molar-refractivity contribution in [1.82, 2.24) is 0 Å². The molecule has 0 nitrogen and oxygen atoms in total. The van der Waals surface area contributed by atoms with E-state index >= 15 is 0 Å². The topological polar surface area (TPSA) is 0 Å². The lowest BCUT2D eigenvalue weighted by molar-refractivity contribution is 1.06. The lowest BCUT2D eigenvalue weighted by Gasteiger charge is -2.18. The first-order valence-corrected chi connectivity index (χ1v) is 6.71. The smallest absolute Gasteiger partial charge is 0.0843 e. The molecule has 0 heterocycles. The van der Waals surface area contributed by atoms with Gasteiger partial charge >= 0.3 is 0 Å². The summed E-state index contributed by atoms with van der Waals surface area (Å²) in [5.41, 5.74) is 7.54. The Bertz CT molecular complexity index is 547. The van der Waals surface area contributed by atoms with E-state index in [4.69, 9.17) is 11.6 Å². The van der Waals surface area contributed by atoms with Crippen LogP contribution in [0.2, 0.25) is 0 Å². The van der Waals surface area contributed by atoms with Gasteiger partial charge in [-0.15, -0.1) is 11.6 Å². The third kappa shape index (κ3) is 2.44. The lowest BCUT2D eigenvalue weighted by Crippen LogP contribution is -2.02. The zero-order valence-corrected chi connectivity index (χ0v) is 12.2. The van der Waals surface area contributed by atoms with E-state index in [1.165, 1.54) is 33.4 Å². The highest BCUT2D eigenvalue weighted by Crippen LogP contribution is 2.35. The van der Waals surface area contributed by atoms with Gasteiger partial charge in [0.2, 0.25) is 0 Å². The fourth-order valence-corrected chi connectivity index (χ4v) is 3.21. The molecule has 94 valence electrons. The van der Waals surface area contributed by atoms with Gasteiger partial charge in [-0.1, -0.05) is 42.0 Å². The molecule has 0 N–H and O–H groups in total. The van der Waals surface area contributed by atoms with Crippen molar-refractivity contribution < 1.29 is 0 Å². The molecule has 0 aliphatic carbocycles. The second-order valence-electron chi connectivity index (χ2n) is 5.03. The Morgan fingerprint density at radius 1 is 0.833 bits per heavy atom. The van der Waals surface area contributed by atoms with Crippen LogP contribution in [-0.4, -0.2) is 0 Å². The van der Waals surface area contributed by atoms with E-state index in [1.54, 1.807) is 0 Å². The molecule has 2 aromatic carbocycles. The van der Waals surface area contributed by atoms with Gasteiger partial charge in [-0.3, -0.25) is 0 Å². The van der Waals surface area contributed by atoms with Crippen LogP contribution in [0.15, 0.2) is 36.4 Å². The Morgan fingerprint density at radius 2 is 1.39 bits per heavy atom. The van der Waals surface area contributed by atoms with Crippen LogP contribution in [0.5, 0.6) is 0 Å². The van der Waals surface area contributed by atoms with Crippen molar-refractivity contribution in [3.05, 3.63) is 69.8 Å². The van der Waals surface area contributed by atoms with Crippen molar-refractivity contribution in [2.45, 2.75) is 33.1 Å². The van der Waals surface area contributed by atoms with Gasteiger partial charge in [0, 0.05) is 0 Å². The minimum atomic E-state index is -0.0631. The molecule has 2 aromatic rings. The maximum atomic E-state index is 6.70. The second-order valence-corrected chi connectivity index (χ2v) is 5.47. The molecule has 0 bridgehead atoms. The van der Waals surface area contributed by atoms with Crippen LogP contribution < -0.4 is 0 Å². The standard InChI is InChI=1S/C17H19Cl/c1-11-9-13(3)16(14(4)10-11)17(18)15-8-6-5-7-12(15)2/h5-10,17H,1-4H3. The predicted molar refractivity (Wildman–Crippen MR) is 79.5 cm³/mol. The van der Waals surface area contributed by atoms with E-state index in [0.717, 1.165) is 0 Å². The molecule has 1 unspecified atom stereocenters. The van der Waals surface area contributed by atoms with Gasteiger partial charge in [-0.25, -0.2) is 0 Å². The highest BCUT2D eigenvalue weighted by atomic mass is 35.5. The number of hydrogen-bond donors (Lipinski definition) is 0. The average Bonchev–Trinajstić information content (AvgIpc) is 2.27. The van der Waals surface area contributed by atoms with E-state index in [2.05, 4.69) is 64.1 Å². The van der Waals surface area contributed by atoms with Crippen molar-refractivity contribution in [3.63, 3.8) is 0 Å². The second kappa shape index (κ2) is 5.16. The molecule has 0 fully saturated rings. The van der Waals surface area contributed by atoms with Crippen LogP contribution in [-0.2, 0) is 0 Å². The Kier molecular flexibility index (Phi) is 3.77. The molecule has 0 spiro atoms. The molecule has 0 saturated heterocycles. The number of alkyl halides is 1. The summed E-state index contributed by atoms with van der Waals surface area (Å²) in [5.74, 6) is 0. The largest absolute Gasteiger partial charge is 0.113 e. The van der Waals surface area contributed by atoms with Crippen molar-refractivity contribution in [2.24, 2.45) is 0 Å². The van der Waals surface area contributed by atoms with Gasteiger partial charge in [0.05, 0.1) is 5.38 Å². The van der Waals surface area contributed by atoms with E-state index in [-0.39, 0.29) is 5.38 Å². The van der Waals surface area contributed by atoms with Gasteiger partial charge in [-0.05, 0) is 55.5 Å². The van der Waals surface area contributed by atoms with Crippen LogP contribution in [0.3, 0.4) is 0 Å². The van der Waals surface area contributed by atoms with Gasteiger partial charge in [0.25, 0.3) is 0 Å². The summed E-state index contributed by atoms with van der Waals surface area (Å²) in [4.78, 5) is 0. The Labute approximate surface area is 115 Å². The van der Waals surface area contributed by atoms with E-state index in [0.29, 0.717) is 0 Å². The quantitative estimate of drug-likeness (QED) is 0.646. The summed E-state index contributed by atoms with van der Waals surface area (Å²) in [7, 11) is 0. The average molecular weight is 259 g/mol. The lowest BCUT2D eigenvalue weighted by atomic mass is 9.92. The molecule has 18 heavy (non-hydrogen) atoms. The number of rotatable bonds is 2. The van der Waals surface area contributed by atoms with Gasteiger partial charge in [0.15, 0.2) is 0 Å². The van der Waals surface area contributed by atoms with Crippen LogP contribution in [0.1, 0.15) is 38.8 Å². The minimum absolute atomic E-state index is 0.0631. The fraction of sp³-hybridized carbons (Fsp3) is 0.294. The van der Waals surface area contributed by atoms with Crippen LogP contribution >= 0.6 is 11.6 Å². The van der Waals surface area contributed by atoms with Crippen molar-refractivity contribution in [2.75, 3.05) is 0 Å². The third-order valence-electron chi connectivity index (χ3n) is 3.45. The van der Waals surface area contributed by atoms with Crippen molar-refractivity contribution >= 4 is 11.6 Å². The first kappa shape index (κ1) is 13.2. The number of aryl methyl sites for hydroxylation is 4. The molecule has 0 radical (unpaired) electrons. The van der Waals surface area contributed by atoms with Crippen molar-refractivity contribution in [3.8, 4) is 0 Å². The Hall–Kier alpha value is -1.27. The summed E-state index contributed by atoms with van der Waals surface area (Å²) in [6, 6.07) is 12.7. The number of halogens is 1. The monoisotopic (exact) mass is 258 g/mol. The minimum Gasteiger partial charge on any atom is -0.113 e. The molecule has 2 rings (SSSR count). The molecule has 1 heteroatoms. The molecule has 1 atom stereocenters. The summed E-state index contributed by atoms with van der Waals surface area (Å²) >= 11 is 6.70. The fourth-order valence-electron chi connectivity index (χ4n) is 2.62. The van der Waals surface area contributed by atoms with Crippen LogP contribution in [0, 0.1) is 27.7 Å². The van der Waals surface area contributed by atoms with Gasteiger partial charge < -0.3 is 0 Å². The Balaban J connectivity index is 2.53. The van der Waals surface area contributed by atoms with Crippen LogP contribution in [0.25, 0.3) is 0 Å². The molecular formula is C17H19Cl.